The van der Waals surface area contributed by atoms with Crippen LogP contribution in [-0.2, 0) is 14.2 Å². The van der Waals surface area contributed by atoms with Crippen molar-refractivity contribution in [3.8, 4) is 11.4 Å². The summed E-state index contributed by atoms with van der Waals surface area (Å²) in [6, 6.07) is 9.75. The molecule has 8 nitrogen and oxygen atoms in total. The topological polar surface area (TPSA) is 72.8 Å². The predicted octanol–water partition coefficient (Wildman–Crippen LogP) is 1.59. The minimum atomic E-state index is 0.305. The molecule has 24 heavy (non-hydrogen) atoms. The lowest BCUT2D eigenvalue weighted by molar-refractivity contribution is 0.138. The van der Waals surface area contributed by atoms with Crippen molar-refractivity contribution in [2.24, 2.45) is 0 Å². The molecule has 2 rings (SSSR count). The van der Waals surface area contributed by atoms with Gasteiger partial charge in [0.2, 0.25) is 11.9 Å². The van der Waals surface area contributed by atoms with E-state index in [1.165, 1.54) is 0 Å². The molecular formula is C16H23N5O3. The summed E-state index contributed by atoms with van der Waals surface area (Å²) in [5.41, 5.74) is 0.906. The van der Waals surface area contributed by atoms with Crippen molar-refractivity contribution < 1.29 is 14.2 Å². The summed E-state index contributed by atoms with van der Waals surface area (Å²) in [5.74, 6) is 1.57. The minimum Gasteiger partial charge on any atom is -0.364 e. The number of benzene rings is 1. The molecule has 1 aromatic heterocycles. The Labute approximate surface area is 142 Å². The van der Waals surface area contributed by atoms with Gasteiger partial charge in [0, 0.05) is 33.9 Å². The summed E-state index contributed by atoms with van der Waals surface area (Å²) in [6.45, 7) is 0.977. The van der Waals surface area contributed by atoms with Gasteiger partial charge in [-0.15, -0.1) is 0 Å². The molecule has 0 spiro atoms. The second-order valence-corrected chi connectivity index (χ2v) is 5.12. The number of aromatic nitrogens is 3. The quantitative estimate of drug-likeness (QED) is 0.641. The lowest BCUT2D eigenvalue weighted by Crippen LogP contribution is -2.31. The van der Waals surface area contributed by atoms with Gasteiger partial charge in [-0.05, 0) is 0 Å². The molecule has 0 N–H and O–H groups in total. The van der Waals surface area contributed by atoms with E-state index in [-0.39, 0.29) is 0 Å². The van der Waals surface area contributed by atoms with Crippen LogP contribution in [0, 0.1) is 0 Å². The van der Waals surface area contributed by atoms with E-state index in [0.717, 1.165) is 5.56 Å². The molecule has 1 aromatic carbocycles. The van der Waals surface area contributed by atoms with Gasteiger partial charge in [-0.25, -0.2) is 0 Å². The van der Waals surface area contributed by atoms with E-state index in [2.05, 4.69) is 15.0 Å². The normalized spacial score (nSPS) is 10.7. The van der Waals surface area contributed by atoms with Crippen LogP contribution in [0.1, 0.15) is 0 Å². The van der Waals surface area contributed by atoms with Crippen LogP contribution in [-0.4, -0.2) is 63.5 Å². The standard InChI is InChI=1S/C16H23N5O3/c1-20(10-22-2)15-17-14(13-8-6-5-7-9-13)18-16(19-15)21(11-23-3)12-24-4/h5-9H,10-12H2,1-4H3. The van der Waals surface area contributed by atoms with Gasteiger partial charge in [-0.3, -0.25) is 4.90 Å². The van der Waals surface area contributed by atoms with Crippen molar-refractivity contribution in [3.63, 3.8) is 0 Å². The van der Waals surface area contributed by atoms with Crippen LogP contribution in [0.4, 0.5) is 11.9 Å². The van der Waals surface area contributed by atoms with E-state index in [1.54, 1.807) is 31.1 Å². The van der Waals surface area contributed by atoms with Crippen LogP contribution in [0.3, 0.4) is 0 Å². The summed E-state index contributed by atoms with van der Waals surface area (Å²) in [4.78, 5) is 17.2. The molecule has 0 aliphatic carbocycles. The van der Waals surface area contributed by atoms with Gasteiger partial charge in [0.25, 0.3) is 0 Å². The van der Waals surface area contributed by atoms with E-state index in [9.17, 15) is 0 Å². The van der Waals surface area contributed by atoms with Gasteiger partial charge in [-0.2, -0.15) is 15.0 Å². The third-order valence-electron chi connectivity index (χ3n) is 3.16. The van der Waals surface area contributed by atoms with E-state index >= 15 is 0 Å². The smallest absolute Gasteiger partial charge is 0.234 e. The number of anilines is 2. The van der Waals surface area contributed by atoms with E-state index in [4.69, 9.17) is 14.2 Å². The van der Waals surface area contributed by atoms with Crippen molar-refractivity contribution in [3.05, 3.63) is 30.3 Å². The Morgan fingerprint density at radius 1 is 0.792 bits per heavy atom. The third kappa shape index (κ3) is 4.60. The van der Waals surface area contributed by atoms with Gasteiger partial charge in [0.15, 0.2) is 5.82 Å². The number of methoxy groups -OCH3 is 3. The maximum absolute atomic E-state index is 5.21. The summed E-state index contributed by atoms with van der Waals surface area (Å²) in [7, 11) is 6.70. The zero-order valence-electron chi connectivity index (χ0n) is 14.5. The van der Waals surface area contributed by atoms with Gasteiger partial charge < -0.3 is 19.1 Å². The number of hydrogen-bond acceptors (Lipinski definition) is 8. The highest BCUT2D eigenvalue weighted by Gasteiger charge is 2.16. The molecule has 0 amide bonds. The molecule has 2 aromatic rings. The van der Waals surface area contributed by atoms with E-state index in [1.807, 2.05) is 37.4 Å². The second kappa shape index (κ2) is 9.11. The SMILES string of the molecule is COCN(C)c1nc(-c2ccccc2)nc(N(COC)COC)n1. The first-order chi connectivity index (χ1) is 11.7. The van der Waals surface area contributed by atoms with Crippen molar-refractivity contribution in [1.82, 2.24) is 15.0 Å². The van der Waals surface area contributed by atoms with Gasteiger partial charge in [0.05, 0.1) is 0 Å². The Bertz CT molecular complexity index is 620. The van der Waals surface area contributed by atoms with E-state index in [0.29, 0.717) is 37.9 Å². The lowest BCUT2D eigenvalue weighted by atomic mass is 10.2. The van der Waals surface area contributed by atoms with Gasteiger partial charge in [-0.1, -0.05) is 30.3 Å². The summed E-state index contributed by atoms with van der Waals surface area (Å²) >= 11 is 0. The highest BCUT2D eigenvalue weighted by molar-refractivity contribution is 5.58. The van der Waals surface area contributed by atoms with Crippen LogP contribution in [0.25, 0.3) is 11.4 Å². The molecule has 1 heterocycles. The molecule has 0 bridgehead atoms. The first-order valence-corrected chi connectivity index (χ1v) is 7.44. The summed E-state index contributed by atoms with van der Waals surface area (Å²) < 4.78 is 15.6. The molecule has 8 heteroatoms. The predicted molar refractivity (Wildman–Crippen MR) is 91.8 cm³/mol. The minimum absolute atomic E-state index is 0.305. The second-order valence-electron chi connectivity index (χ2n) is 5.12. The fourth-order valence-electron chi connectivity index (χ4n) is 2.10. The highest BCUT2D eigenvalue weighted by atomic mass is 16.5. The fourth-order valence-corrected chi connectivity index (χ4v) is 2.10. The van der Waals surface area contributed by atoms with Crippen LogP contribution in [0.2, 0.25) is 0 Å². The monoisotopic (exact) mass is 333 g/mol. The van der Waals surface area contributed by atoms with Crippen LogP contribution in [0.5, 0.6) is 0 Å². The molecule has 0 saturated heterocycles. The molecule has 0 saturated carbocycles. The van der Waals surface area contributed by atoms with Gasteiger partial charge >= 0.3 is 0 Å². The summed E-state index contributed by atoms with van der Waals surface area (Å²) in [6.07, 6.45) is 0. The molecule has 0 aliphatic heterocycles. The Morgan fingerprint density at radius 2 is 1.38 bits per heavy atom. The molecule has 0 unspecified atom stereocenters. The van der Waals surface area contributed by atoms with Crippen molar-refractivity contribution in [2.75, 3.05) is 58.4 Å². The molecular weight excluding hydrogens is 310 g/mol. The van der Waals surface area contributed by atoms with Crippen molar-refractivity contribution in [2.45, 2.75) is 0 Å². The van der Waals surface area contributed by atoms with Crippen LogP contribution >= 0.6 is 0 Å². The van der Waals surface area contributed by atoms with Crippen molar-refractivity contribution in [1.29, 1.82) is 0 Å². The number of nitrogens with zero attached hydrogens (tertiary/aromatic N) is 5. The van der Waals surface area contributed by atoms with E-state index < -0.39 is 0 Å². The zero-order chi connectivity index (χ0) is 17.4. The molecule has 0 fully saturated rings. The van der Waals surface area contributed by atoms with Crippen LogP contribution in [0.15, 0.2) is 30.3 Å². The molecule has 0 radical (unpaired) electrons. The number of ether oxygens (including phenoxy) is 3. The first kappa shape index (κ1) is 18.1. The Kier molecular flexibility index (Phi) is 6.86. The first-order valence-electron chi connectivity index (χ1n) is 7.44. The maximum Gasteiger partial charge on any atom is 0.234 e. The fraction of sp³-hybridized carbons (Fsp3) is 0.438. The largest absolute Gasteiger partial charge is 0.364 e. The Morgan fingerprint density at radius 3 is 1.96 bits per heavy atom. The molecule has 0 atom stereocenters. The maximum atomic E-state index is 5.21. The average molecular weight is 333 g/mol. The number of hydrogen-bond donors (Lipinski definition) is 0. The zero-order valence-corrected chi connectivity index (χ0v) is 14.5. The Balaban J connectivity index is 2.47. The lowest BCUT2D eigenvalue weighted by Gasteiger charge is -2.23. The average Bonchev–Trinajstić information content (AvgIpc) is 2.62. The van der Waals surface area contributed by atoms with Crippen LogP contribution < -0.4 is 9.80 Å². The molecule has 130 valence electrons. The molecule has 0 aliphatic rings. The number of rotatable bonds is 9. The van der Waals surface area contributed by atoms with Crippen molar-refractivity contribution >= 4 is 11.9 Å². The van der Waals surface area contributed by atoms with Gasteiger partial charge in [0.1, 0.15) is 20.2 Å². The summed E-state index contributed by atoms with van der Waals surface area (Å²) in [5, 5.41) is 0. The third-order valence-corrected chi connectivity index (χ3v) is 3.16. The highest BCUT2D eigenvalue weighted by Crippen LogP contribution is 2.20. The Hall–Kier alpha value is -2.29.